The molecule has 0 aromatic carbocycles. The molecule has 2 atom stereocenters. The Balaban J connectivity index is 2.39. The molecule has 0 radical (unpaired) electrons. The van der Waals surface area contributed by atoms with Crippen LogP contribution in [0.5, 0.6) is 0 Å². The van der Waals surface area contributed by atoms with Crippen LogP contribution in [0, 0.1) is 0 Å². The van der Waals surface area contributed by atoms with E-state index in [-0.39, 0.29) is 5.54 Å². The van der Waals surface area contributed by atoms with Crippen LogP contribution in [-0.4, -0.2) is 29.6 Å². The summed E-state index contributed by atoms with van der Waals surface area (Å²) in [5.41, 5.74) is 6.13. The molecule has 12 heavy (non-hydrogen) atoms. The van der Waals surface area contributed by atoms with Crippen molar-refractivity contribution in [3.8, 4) is 0 Å². The van der Waals surface area contributed by atoms with Crippen LogP contribution in [-0.2, 0) is 0 Å². The maximum atomic E-state index is 6.12. The van der Waals surface area contributed by atoms with E-state index < -0.39 is 0 Å². The molecule has 1 rings (SSSR count). The Labute approximate surface area is 76.1 Å². The first-order valence-corrected chi connectivity index (χ1v) is 5.08. The highest BCUT2D eigenvalue weighted by atomic mass is 15.2. The Kier molecular flexibility index (Phi) is 3.13. The molecule has 72 valence electrons. The summed E-state index contributed by atoms with van der Waals surface area (Å²) in [6, 6.07) is 0.749. The quantitative estimate of drug-likeness (QED) is 0.697. The zero-order valence-electron chi connectivity index (χ0n) is 8.64. The second-order valence-corrected chi connectivity index (χ2v) is 4.47. The van der Waals surface area contributed by atoms with Gasteiger partial charge in [-0.2, -0.15) is 0 Å². The van der Waals surface area contributed by atoms with Crippen molar-refractivity contribution in [2.45, 2.75) is 51.6 Å². The topological polar surface area (TPSA) is 29.3 Å². The molecule has 0 aliphatic carbocycles. The lowest BCUT2D eigenvalue weighted by Gasteiger charge is -2.31. The van der Waals surface area contributed by atoms with Gasteiger partial charge in [0.2, 0.25) is 0 Å². The summed E-state index contributed by atoms with van der Waals surface area (Å²) < 4.78 is 0. The minimum Gasteiger partial charge on any atom is -0.324 e. The molecule has 2 nitrogen and oxygen atoms in total. The Morgan fingerprint density at radius 2 is 2.25 bits per heavy atom. The first-order valence-electron chi connectivity index (χ1n) is 5.08. The third-order valence-corrected chi connectivity index (χ3v) is 3.06. The Morgan fingerprint density at radius 1 is 1.58 bits per heavy atom. The van der Waals surface area contributed by atoms with Crippen molar-refractivity contribution in [3.63, 3.8) is 0 Å². The maximum Gasteiger partial charge on any atom is 0.0252 e. The average Bonchev–Trinajstić information content (AvgIpc) is 2.36. The van der Waals surface area contributed by atoms with Gasteiger partial charge in [-0.1, -0.05) is 6.92 Å². The van der Waals surface area contributed by atoms with Gasteiger partial charge in [-0.3, -0.25) is 4.90 Å². The van der Waals surface area contributed by atoms with Crippen LogP contribution in [0.1, 0.15) is 40.0 Å². The number of hydrogen-bond acceptors (Lipinski definition) is 2. The summed E-state index contributed by atoms with van der Waals surface area (Å²) in [4.78, 5) is 2.52. The van der Waals surface area contributed by atoms with Crippen molar-refractivity contribution in [2.24, 2.45) is 5.73 Å². The third-order valence-electron chi connectivity index (χ3n) is 3.06. The van der Waals surface area contributed by atoms with Gasteiger partial charge in [0.15, 0.2) is 0 Å². The van der Waals surface area contributed by atoms with Gasteiger partial charge >= 0.3 is 0 Å². The fraction of sp³-hybridized carbons (Fsp3) is 1.00. The summed E-state index contributed by atoms with van der Waals surface area (Å²) in [7, 11) is 0. The molecule has 0 saturated carbocycles. The lowest BCUT2D eigenvalue weighted by molar-refractivity contribution is 0.208. The standard InChI is InChI=1S/C10H22N2/c1-4-10(3,11)8-12-7-5-6-9(12)2/h9H,4-8,11H2,1-3H3. The highest BCUT2D eigenvalue weighted by Crippen LogP contribution is 2.19. The van der Waals surface area contributed by atoms with E-state index in [1.54, 1.807) is 0 Å². The minimum atomic E-state index is 0.0125. The minimum absolute atomic E-state index is 0.0125. The summed E-state index contributed by atoms with van der Waals surface area (Å²) >= 11 is 0. The Morgan fingerprint density at radius 3 is 2.67 bits per heavy atom. The number of hydrogen-bond donors (Lipinski definition) is 1. The first kappa shape index (κ1) is 10.0. The smallest absolute Gasteiger partial charge is 0.0252 e. The second kappa shape index (κ2) is 3.75. The van der Waals surface area contributed by atoms with E-state index in [1.165, 1.54) is 19.4 Å². The van der Waals surface area contributed by atoms with Gasteiger partial charge in [-0.05, 0) is 39.7 Å². The normalized spacial score (nSPS) is 30.5. The molecule has 2 unspecified atom stereocenters. The number of nitrogens with zero attached hydrogens (tertiary/aromatic N) is 1. The monoisotopic (exact) mass is 170 g/mol. The summed E-state index contributed by atoms with van der Waals surface area (Å²) in [6.45, 7) is 8.93. The van der Waals surface area contributed by atoms with Gasteiger partial charge < -0.3 is 5.73 Å². The highest BCUT2D eigenvalue weighted by molar-refractivity contribution is 4.85. The van der Waals surface area contributed by atoms with Gasteiger partial charge in [0.1, 0.15) is 0 Å². The molecule has 2 N–H and O–H groups in total. The molecule has 0 amide bonds. The van der Waals surface area contributed by atoms with Crippen LogP contribution in [0.4, 0.5) is 0 Å². The lowest BCUT2D eigenvalue weighted by atomic mass is 9.99. The van der Waals surface area contributed by atoms with Crippen LogP contribution in [0.15, 0.2) is 0 Å². The van der Waals surface area contributed by atoms with Crippen molar-refractivity contribution in [2.75, 3.05) is 13.1 Å². The van der Waals surface area contributed by atoms with Gasteiger partial charge in [0.25, 0.3) is 0 Å². The van der Waals surface area contributed by atoms with Crippen molar-refractivity contribution < 1.29 is 0 Å². The van der Waals surface area contributed by atoms with Gasteiger partial charge in [0, 0.05) is 18.1 Å². The summed E-state index contributed by atoms with van der Waals surface area (Å²) in [5.74, 6) is 0. The average molecular weight is 170 g/mol. The van der Waals surface area contributed by atoms with E-state index in [1.807, 2.05) is 0 Å². The van der Waals surface area contributed by atoms with E-state index >= 15 is 0 Å². The van der Waals surface area contributed by atoms with Crippen LogP contribution in [0.25, 0.3) is 0 Å². The second-order valence-electron chi connectivity index (χ2n) is 4.47. The Hall–Kier alpha value is -0.0800. The van der Waals surface area contributed by atoms with E-state index in [2.05, 4.69) is 25.7 Å². The van der Waals surface area contributed by atoms with Crippen molar-refractivity contribution in [3.05, 3.63) is 0 Å². The predicted molar refractivity (Wildman–Crippen MR) is 53.2 cm³/mol. The van der Waals surface area contributed by atoms with Gasteiger partial charge in [-0.25, -0.2) is 0 Å². The molecule has 0 aromatic heterocycles. The maximum absolute atomic E-state index is 6.12. The van der Waals surface area contributed by atoms with Crippen molar-refractivity contribution in [1.29, 1.82) is 0 Å². The molecule has 0 spiro atoms. The molecule has 0 aromatic rings. The molecular formula is C10H22N2. The van der Waals surface area contributed by atoms with E-state index in [4.69, 9.17) is 5.73 Å². The lowest BCUT2D eigenvalue weighted by Crippen LogP contribution is -2.48. The van der Waals surface area contributed by atoms with Crippen molar-refractivity contribution >= 4 is 0 Å². The van der Waals surface area contributed by atoms with E-state index in [9.17, 15) is 0 Å². The molecule has 1 heterocycles. The largest absolute Gasteiger partial charge is 0.324 e. The Bertz CT molecular complexity index is 143. The zero-order chi connectivity index (χ0) is 9.19. The SMILES string of the molecule is CCC(C)(N)CN1CCCC1C. The number of nitrogens with two attached hydrogens (primary N) is 1. The van der Waals surface area contributed by atoms with E-state index in [0.717, 1.165) is 19.0 Å². The fourth-order valence-corrected chi connectivity index (χ4v) is 1.80. The first-order chi connectivity index (χ1) is 5.55. The van der Waals surface area contributed by atoms with E-state index in [0.29, 0.717) is 0 Å². The van der Waals surface area contributed by atoms with Crippen LogP contribution >= 0.6 is 0 Å². The van der Waals surface area contributed by atoms with Crippen LogP contribution in [0.2, 0.25) is 0 Å². The molecule has 0 bridgehead atoms. The zero-order valence-corrected chi connectivity index (χ0v) is 8.64. The highest BCUT2D eigenvalue weighted by Gasteiger charge is 2.26. The molecule has 1 aliphatic heterocycles. The molecular weight excluding hydrogens is 148 g/mol. The third kappa shape index (κ3) is 2.46. The molecule has 1 fully saturated rings. The van der Waals surface area contributed by atoms with Gasteiger partial charge in [-0.15, -0.1) is 0 Å². The molecule has 2 heteroatoms. The molecule has 1 aliphatic rings. The number of likely N-dealkylation sites (tertiary alicyclic amines) is 1. The predicted octanol–water partition coefficient (Wildman–Crippen LogP) is 1.60. The number of rotatable bonds is 3. The van der Waals surface area contributed by atoms with Gasteiger partial charge in [0.05, 0.1) is 0 Å². The summed E-state index contributed by atoms with van der Waals surface area (Å²) in [5, 5.41) is 0. The van der Waals surface area contributed by atoms with Crippen molar-refractivity contribution in [1.82, 2.24) is 4.90 Å². The fourth-order valence-electron chi connectivity index (χ4n) is 1.80. The molecule has 1 saturated heterocycles. The van der Waals surface area contributed by atoms with Crippen LogP contribution < -0.4 is 5.73 Å². The summed E-state index contributed by atoms with van der Waals surface area (Å²) in [6.07, 6.45) is 3.76. The van der Waals surface area contributed by atoms with Crippen LogP contribution in [0.3, 0.4) is 0 Å².